The van der Waals surface area contributed by atoms with Crippen LogP contribution >= 0.6 is 0 Å². The summed E-state index contributed by atoms with van der Waals surface area (Å²) in [5, 5.41) is 12.5. The molecule has 88 valence electrons. The average Bonchev–Trinajstić information content (AvgIpc) is 2.93. The fraction of sp³-hybridized carbons (Fsp3) is 0.700. The summed E-state index contributed by atoms with van der Waals surface area (Å²) in [4.78, 5) is 14.8. The zero-order valence-corrected chi connectivity index (χ0v) is 9.05. The van der Waals surface area contributed by atoms with Crippen molar-refractivity contribution in [3.8, 4) is 0 Å². The zero-order valence-electron chi connectivity index (χ0n) is 9.05. The fourth-order valence-electron chi connectivity index (χ4n) is 1.53. The number of hydrogen-bond acceptors (Lipinski definition) is 5. The molecule has 16 heavy (non-hydrogen) atoms. The van der Waals surface area contributed by atoms with E-state index in [1.54, 1.807) is 0 Å². The molecule has 1 heterocycles. The normalized spacial score (nSPS) is 23.3. The minimum atomic E-state index is -0.799. The monoisotopic (exact) mass is 226 g/mol. The molecule has 2 unspecified atom stereocenters. The summed E-state index contributed by atoms with van der Waals surface area (Å²) in [7, 11) is 0. The van der Waals surface area contributed by atoms with E-state index in [4.69, 9.17) is 14.4 Å². The Balaban J connectivity index is 1.86. The molecule has 6 heteroatoms. The number of aromatic nitrogens is 2. The predicted octanol–water partition coefficient (Wildman–Crippen LogP) is 1.18. The maximum Gasteiger partial charge on any atom is 0.307 e. The van der Waals surface area contributed by atoms with Crippen LogP contribution in [-0.4, -0.2) is 27.8 Å². The molecule has 2 atom stereocenters. The molecule has 0 aromatic carbocycles. The van der Waals surface area contributed by atoms with Gasteiger partial charge in [-0.05, 0) is 12.8 Å². The second-order valence-corrected chi connectivity index (χ2v) is 3.89. The van der Waals surface area contributed by atoms with Gasteiger partial charge in [-0.25, -0.2) is 0 Å². The standard InChI is InChI=1S/C10H14N2O4/c1-2-3-15-5-8-11-9(16-12-8)6-4-7(6)10(13)14/h6-7H,2-5H2,1H3,(H,13,14). The Labute approximate surface area is 92.6 Å². The van der Waals surface area contributed by atoms with Crippen molar-refractivity contribution in [1.82, 2.24) is 10.1 Å². The third-order valence-electron chi connectivity index (χ3n) is 2.49. The Kier molecular flexibility index (Phi) is 3.19. The summed E-state index contributed by atoms with van der Waals surface area (Å²) in [5.41, 5.74) is 0. The van der Waals surface area contributed by atoms with Gasteiger partial charge in [0.25, 0.3) is 0 Å². The van der Waals surface area contributed by atoms with Crippen molar-refractivity contribution < 1.29 is 19.2 Å². The molecular formula is C10H14N2O4. The number of aliphatic carboxylic acids is 1. The lowest BCUT2D eigenvalue weighted by atomic mass is 10.3. The molecule has 1 saturated carbocycles. The van der Waals surface area contributed by atoms with Crippen molar-refractivity contribution in [2.24, 2.45) is 5.92 Å². The molecular weight excluding hydrogens is 212 g/mol. The molecule has 1 aromatic heterocycles. The van der Waals surface area contributed by atoms with Crippen LogP contribution in [0.15, 0.2) is 4.52 Å². The van der Waals surface area contributed by atoms with E-state index in [2.05, 4.69) is 10.1 Å². The van der Waals surface area contributed by atoms with Gasteiger partial charge in [0.1, 0.15) is 6.61 Å². The number of carbonyl (C=O) groups is 1. The van der Waals surface area contributed by atoms with Crippen LogP contribution < -0.4 is 0 Å². The summed E-state index contributed by atoms with van der Waals surface area (Å²) >= 11 is 0. The van der Waals surface area contributed by atoms with Crippen LogP contribution in [0.3, 0.4) is 0 Å². The van der Waals surface area contributed by atoms with E-state index in [-0.39, 0.29) is 11.8 Å². The second kappa shape index (κ2) is 4.61. The average molecular weight is 226 g/mol. The lowest BCUT2D eigenvalue weighted by Gasteiger charge is -1.95. The van der Waals surface area contributed by atoms with Crippen molar-refractivity contribution in [3.63, 3.8) is 0 Å². The van der Waals surface area contributed by atoms with E-state index >= 15 is 0 Å². The van der Waals surface area contributed by atoms with Crippen LogP contribution in [0.25, 0.3) is 0 Å². The Morgan fingerprint density at radius 2 is 2.50 bits per heavy atom. The summed E-state index contributed by atoms with van der Waals surface area (Å²) in [6, 6.07) is 0. The van der Waals surface area contributed by atoms with Crippen molar-refractivity contribution in [3.05, 3.63) is 11.7 Å². The second-order valence-electron chi connectivity index (χ2n) is 3.89. The molecule has 6 nitrogen and oxygen atoms in total. The SMILES string of the molecule is CCCOCc1noc(C2CC2C(=O)O)n1. The van der Waals surface area contributed by atoms with Crippen LogP contribution in [0.5, 0.6) is 0 Å². The number of rotatable bonds is 6. The number of ether oxygens (including phenoxy) is 1. The highest BCUT2D eigenvalue weighted by Crippen LogP contribution is 2.46. The summed E-state index contributed by atoms with van der Waals surface area (Å²) in [5.74, 6) is -0.358. The van der Waals surface area contributed by atoms with Gasteiger partial charge in [-0.1, -0.05) is 12.1 Å². The lowest BCUT2D eigenvalue weighted by molar-refractivity contribution is -0.138. The molecule has 0 saturated heterocycles. The van der Waals surface area contributed by atoms with Crippen molar-refractivity contribution in [2.75, 3.05) is 6.61 Å². The molecule has 0 amide bonds. The highest BCUT2D eigenvalue weighted by atomic mass is 16.5. The van der Waals surface area contributed by atoms with Crippen molar-refractivity contribution in [1.29, 1.82) is 0 Å². The third kappa shape index (κ3) is 2.38. The van der Waals surface area contributed by atoms with Gasteiger partial charge in [-0.15, -0.1) is 0 Å². The van der Waals surface area contributed by atoms with Gasteiger partial charge in [0.05, 0.1) is 11.8 Å². The predicted molar refractivity (Wildman–Crippen MR) is 52.7 cm³/mol. The van der Waals surface area contributed by atoms with Crippen LogP contribution in [0, 0.1) is 5.92 Å². The van der Waals surface area contributed by atoms with Crippen molar-refractivity contribution >= 4 is 5.97 Å². The van der Waals surface area contributed by atoms with E-state index in [9.17, 15) is 4.79 Å². The summed E-state index contributed by atoms with van der Waals surface area (Å²) in [6.07, 6.45) is 1.53. The Bertz CT molecular complexity index is 377. The van der Waals surface area contributed by atoms with Crippen LogP contribution in [-0.2, 0) is 16.1 Å². The molecule has 1 N–H and O–H groups in total. The minimum Gasteiger partial charge on any atom is -0.481 e. The quantitative estimate of drug-likeness (QED) is 0.733. The maximum atomic E-state index is 10.6. The molecule has 0 radical (unpaired) electrons. The van der Waals surface area contributed by atoms with Gasteiger partial charge in [0.2, 0.25) is 5.89 Å². The molecule has 0 bridgehead atoms. The molecule has 0 spiro atoms. The van der Waals surface area contributed by atoms with Gasteiger partial charge >= 0.3 is 5.97 Å². The number of hydrogen-bond donors (Lipinski definition) is 1. The van der Waals surface area contributed by atoms with Gasteiger partial charge in [0.15, 0.2) is 5.82 Å². The van der Waals surface area contributed by atoms with Crippen molar-refractivity contribution in [2.45, 2.75) is 32.3 Å². The lowest BCUT2D eigenvalue weighted by Crippen LogP contribution is -1.99. The van der Waals surface area contributed by atoms with E-state index < -0.39 is 5.97 Å². The smallest absolute Gasteiger partial charge is 0.307 e. The van der Waals surface area contributed by atoms with Crippen LogP contribution in [0.4, 0.5) is 0 Å². The number of carboxylic acid groups (broad SMARTS) is 1. The molecule has 2 rings (SSSR count). The Hall–Kier alpha value is -1.43. The van der Waals surface area contributed by atoms with Gasteiger partial charge in [-0.3, -0.25) is 4.79 Å². The van der Waals surface area contributed by atoms with Gasteiger partial charge in [0, 0.05) is 6.61 Å². The first-order chi connectivity index (χ1) is 7.72. The molecule has 1 aromatic rings. The molecule has 0 aliphatic heterocycles. The number of carboxylic acids is 1. The molecule has 1 fully saturated rings. The van der Waals surface area contributed by atoms with E-state index in [1.807, 2.05) is 6.92 Å². The molecule has 1 aliphatic rings. The first-order valence-corrected chi connectivity index (χ1v) is 5.35. The van der Waals surface area contributed by atoms with Gasteiger partial charge < -0.3 is 14.4 Å². The van der Waals surface area contributed by atoms with E-state index in [0.29, 0.717) is 31.3 Å². The Morgan fingerprint density at radius 1 is 1.69 bits per heavy atom. The van der Waals surface area contributed by atoms with Crippen LogP contribution in [0.2, 0.25) is 0 Å². The third-order valence-corrected chi connectivity index (χ3v) is 2.49. The first kappa shape index (κ1) is 11.1. The largest absolute Gasteiger partial charge is 0.481 e. The van der Waals surface area contributed by atoms with Crippen LogP contribution in [0.1, 0.15) is 37.4 Å². The highest BCUT2D eigenvalue weighted by molar-refractivity contribution is 5.74. The van der Waals surface area contributed by atoms with E-state index in [0.717, 1.165) is 6.42 Å². The zero-order chi connectivity index (χ0) is 11.5. The first-order valence-electron chi connectivity index (χ1n) is 5.35. The minimum absolute atomic E-state index is 0.107. The molecule has 1 aliphatic carbocycles. The van der Waals surface area contributed by atoms with E-state index in [1.165, 1.54) is 0 Å². The topological polar surface area (TPSA) is 85.5 Å². The maximum absolute atomic E-state index is 10.6. The Morgan fingerprint density at radius 3 is 3.12 bits per heavy atom. The number of nitrogens with zero attached hydrogens (tertiary/aromatic N) is 2. The van der Waals surface area contributed by atoms with Gasteiger partial charge in [-0.2, -0.15) is 4.98 Å². The fourth-order valence-corrected chi connectivity index (χ4v) is 1.53. The highest BCUT2D eigenvalue weighted by Gasteiger charge is 2.48. The summed E-state index contributed by atoms with van der Waals surface area (Å²) in [6.45, 7) is 3.00. The summed E-state index contributed by atoms with van der Waals surface area (Å²) < 4.78 is 10.3.